The van der Waals surface area contributed by atoms with Crippen molar-refractivity contribution in [1.82, 2.24) is 0 Å². The van der Waals surface area contributed by atoms with Gasteiger partial charge in [0.1, 0.15) is 0 Å². The fourth-order valence-electron chi connectivity index (χ4n) is 2.48. The van der Waals surface area contributed by atoms with E-state index in [1.807, 2.05) is 0 Å². The van der Waals surface area contributed by atoms with Gasteiger partial charge in [0, 0.05) is 0 Å². The summed E-state index contributed by atoms with van der Waals surface area (Å²) in [6.07, 6.45) is 13.0. The van der Waals surface area contributed by atoms with Crippen molar-refractivity contribution in [1.29, 1.82) is 0 Å². The zero-order valence-corrected chi connectivity index (χ0v) is 9.47. The fraction of sp³-hybridized carbons (Fsp3) is 0.846. The van der Waals surface area contributed by atoms with Gasteiger partial charge in [-0.1, -0.05) is 45.8 Å². The first-order valence-corrected chi connectivity index (χ1v) is 5.86. The maximum Gasteiger partial charge on any atom is -0.0237 e. The SMILES string of the molecule is CCCCC1(C(C)C)CC=CCC1. The average Bonchev–Trinajstić information content (AvgIpc) is 2.16. The van der Waals surface area contributed by atoms with Crippen LogP contribution in [0.15, 0.2) is 12.2 Å². The first kappa shape index (κ1) is 10.8. The Balaban J connectivity index is 2.57. The maximum absolute atomic E-state index is 2.40. The lowest BCUT2D eigenvalue weighted by molar-refractivity contribution is 0.147. The lowest BCUT2D eigenvalue weighted by Gasteiger charge is -2.39. The Morgan fingerprint density at radius 3 is 2.54 bits per heavy atom. The summed E-state index contributed by atoms with van der Waals surface area (Å²) in [6.45, 7) is 7.09. The van der Waals surface area contributed by atoms with Crippen LogP contribution in [0.1, 0.15) is 59.3 Å². The van der Waals surface area contributed by atoms with E-state index < -0.39 is 0 Å². The molecule has 0 amide bonds. The molecule has 1 rings (SSSR count). The van der Waals surface area contributed by atoms with Crippen LogP contribution in [0.3, 0.4) is 0 Å². The van der Waals surface area contributed by atoms with Crippen molar-refractivity contribution in [2.45, 2.75) is 59.3 Å². The van der Waals surface area contributed by atoms with Gasteiger partial charge in [-0.2, -0.15) is 0 Å². The number of allylic oxidation sites excluding steroid dienone is 2. The van der Waals surface area contributed by atoms with E-state index >= 15 is 0 Å². The lowest BCUT2D eigenvalue weighted by Crippen LogP contribution is -2.28. The Morgan fingerprint density at radius 2 is 2.08 bits per heavy atom. The third-order valence-corrected chi connectivity index (χ3v) is 3.75. The van der Waals surface area contributed by atoms with Crippen molar-refractivity contribution in [3.05, 3.63) is 12.2 Å². The van der Waals surface area contributed by atoms with Crippen LogP contribution in [0, 0.1) is 11.3 Å². The van der Waals surface area contributed by atoms with Gasteiger partial charge in [0.05, 0.1) is 0 Å². The fourth-order valence-corrected chi connectivity index (χ4v) is 2.48. The molecular weight excluding hydrogens is 156 g/mol. The summed E-state index contributed by atoms with van der Waals surface area (Å²) < 4.78 is 0. The Morgan fingerprint density at radius 1 is 1.31 bits per heavy atom. The zero-order valence-electron chi connectivity index (χ0n) is 9.47. The molecule has 0 spiro atoms. The predicted octanol–water partition coefficient (Wildman–Crippen LogP) is 4.56. The molecule has 0 fully saturated rings. The highest BCUT2D eigenvalue weighted by Crippen LogP contribution is 2.43. The quantitative estimate of drug-likeness (QED) is 0.556. The molecule has 0 nitrogen and oxygen atoms in total. The van der Waals surface area contributed by atoms with Gasteiger partial charge in [0.2, 0.25) is 0 Å². The van der Waals surface area contributed by atoms with Gasteiger partial charge in [-0.3, -0.25) is 0 Å². The molecule has 0 aromatic heterocycles. The second-order valence-electron chi connectivity index (χ2n) is 4.83. The number of rotatable bonds is 4. The summed E-state index contributed by atoms with van der Waals surface area (Å²) in [7, 11) is 0. The standard InChI is InChI=1S/C13H24/c1-4-5-9-13(12(2)3)10-7-6-8-11-13/h6-7,12H,4-5,8-11H2,1-3H3. The van der Waals surface area contributed by atoms with Crippen LogP contribution in [0.2, 0.25) is 0 Å². The molecule has 1 unspecified atom stereocenters. The van der Waals surface area contributed by atoms with Crippen molar-refractivity contribution in [2.24, 2.45) is 11.3 Å². The van der Waals surface area contributed by atoms with Gasteiger partial charge in [0.15, 0.2) is 0 Å². The van der Waals surface area contributed by atoms with E-state index in [4.69, 9.17) is 0 Å². The Labute approximate surface area is 83.4 Å². The van der Waals surface area contributed by atoms with E-state index in [0.717, 1.165) is 5.92 Å². The molecule has 0 bridgehead atoms. The second-order valence-corrected chi connectivity index (χ2v) is 4.83. The first-order chi connectivity index (χ1) is 6.21. The summed E-state index contributed by atoms with van der Waals surface area (Å²) in [5.41, 5.74) is 0.644. The van der Waals surface area contributed by atoms with Crippen LogP contribution in [0.4, 0.5) is 0 Å². The lowest BCUT2D eigenvalue weighted by atomic mass is 9.66. The third kappa shape index (κ3) is 2.59. The summed E-state index contributed by atoms with van der Waals surface area (Å²) in [6, 6.07) is 0. The topological polar surface area (TPSA) is 0 Å². The van der Waals surface area contributed by atoms with Crippen molar-refractivity contribution in [3.63, 3.8) is 0 Å². The molecular formula is C13H24. The summed E-state index contributed by atoms with van der Waals surface area (Å²) in [5.74, 6) is 0.851. The number of hydrogen-bond acceptors (Lipinski definition) is 0. The van der Waals surface area contributed by atoms with E-state index in [2.05, 4.69) is 32.9 Å². The van der Waals surface area contributed by atoms with Gasteiger partial charge in [-0.05, 0) is 37.0 Å². The van der Waals surface area contributed by atoms with Crippen molar-refractivity contribution < 1.29 is 0 Å². The Kier molecular flexibility index (Phi) is 4.02. The molecule has 0 aromatic carbocycles. The molecule has 0 saturated carbocycles. The highest BCUT2D eigenvalue weighted by atomic mass is 14.4. The average molecular weight is 180 g/mol. The van der Waals surface area contributed by atoms with Crippen LogP contribution in [-0.2, 0) is 0 Å². The molecule has 76 valence electrons. The van der Waals surface area contributed by atoms with Gasteiger partial charge in [0.25, 0.3) is 0 Å². The summed E-state index contributed by atoms with van der Waals surface area (Å²) >= 11 is 0. The minimum absolute atomic E-state index is 0.644. The van der Waals surface area contributed by atoms with Crippen molar-refractivity contribution >= 4 is 0 Å². The molecule has 0 heterocycles. The minimum Gasteiger partial charge on any atom is -0.0885 e. The largest absolute Gasteiger partial charge is 0.0885 e. The van der Waals surface area contributed by atoms with Crippen LogP contribution < -0.4 is 0 Å². The number of unbranched alkanes of at least 4 members (excludes halogenated alkanes) is 1. The Bertz CT molecular complexity index is 167. The van der Waals surface area contributed by atoms with E-state index in [1.165, 1.54) is 38.5 Å². The minimum atomic E-state index is 0.644. The molecule has 0 heteroatoms. The molecule has 0 N–H and O–H groups in total. The summed E-state index contributed by atoms with van der Waals surface area (Å²) in [5, 5.41) is 0. The van der Waals surface area contributed by atoms with E-state index in [0.29, 0.717) is 5.41 Å². The Hall–Kier alpha value is -0.260. The molecule has 1 atom stereocenters. The second kappa shape index (κ2) is 4.83. The molecule has 1 aliphatic rings. The highest BCUT2D eigenvalue weighted by molar-refractivity contribution is 4.98. The molecule has 0 saturated heterocycles. The number of hydrogen-bond donors (Lipinski definition) is 0. The highest BCUT2D eigenvalue weighted by Gasteiger charge is 2.32. The molecule has 0 radical (unpaired) electrons. The predicted molar refractivity (Wildman–Crippen MR) is 59.8 cm³/mol. The van der Waals surface area contributed by atoms with E-state index in [9.17, 15) is 0 Å². The monoisotopic (exact) mass is 180 g/mol. The molecule has 0 aromatic rings. The molecule has 13 heavy (non-hydrogen) atoms. The smallest absolute Gasteiger partial charge is 0.0237 e. The third-order valence-electron chi connectivity index (χ3n) is 3.75. The van der Waals surface area contributed by atoms with Gasteiger partial charge in [-0.25, -0.2) is 0 Å². The molecule has 0 aliphatic heterocycles. The van der Waals surface area contributed by atoms with Crippen molar-refractivity contribution in [2.75, 3.05) is 0 Å². The van der Waals surface area contributed by atoms with Crippen molar-refractivity contribution in [3.8, 4) is 0 Å². The summed E-state index contributed by atoms with van der Waals surface area (Å²) in [4.78, 5) is 0. The van der Waals surface area contributed by atoms with Crippen LogP contribution in [0.25, 0.3) is 0 Å². The normalized spacial score (nSPS) is 28.3. The van der Waals surface area contributed by atoms with Gasteiger partial charge in [-0.15, -0.1) is 0 Å². The van der Waals surface area contributed by atoms with E-state index in [-0.39, 0.29) is 0 Å². The maximum atomic E-state index is 2.40. The van der Waals surface area contributed by atoms with Crippen LogP contribution >= 0.6 is 0 Å². The van der Waals surface area contributed by atoms with Gasteiger partial charge < -0.3 is 0 Å². The zero-order chi connectivity index (χ0) is 9.73. The van der Waals surface area contributed by atoms with Gasteiger partial charge >= 0.3 is 0 Å². The first-order valence-electron chi connectivity index (χ1n) is 5.86. The van der Waals surface area contributed by atoms with E-state index in [1.54, 1.807) is 0 Å². The molecule has 1 aliphatic carbocycles. The van der Waals surface area contributed by atoms with Crippen LogP contribution in [0.5, 0.6) is 0 Å². The van der Waals surface area contributed by atoms with Crippen LogP contribution in [-0.4, -0.2) is 0 Å².